The van der Waals surface area contributed by atoms with Gasteiger partial charge in [-0.2, -0.15) is 5.10 Å². The molecule has 0 aliphatic heterocycles. The van der Waals surface area contributed by atoms with Gasteiger partial charge in [0.2, 0.25) is 0 Å². The Morgan fingerprint density at radius 1 is 1.12 bits per heavy atom. The number of rotatable bonds is 7. The lowest BCUT2D eigenvalue weighted by Crippen LogP contribution is -2.27. The molecule has 0 aliphatic carbocycles. The van der Waals surface area contributed by atoms with Crippen molar-refractivity contribution in [1.29, 1.82) is 0 Å². The molecule has 0 saturated heterocycles. The van der Waals surface area contributed by atoms with Gasteiger partial charge in [0.05, 0.1) is 24.4 Å². The third-order valence-corrected chi connectivity index (χ3v) is 3.63. The zero-order valence-corrected chi connectivity index (χ0v) is 14.1. The molecule has 3 aromatic rings. The molecule has 0 aliphatic rings. The SMILES string of the molecule is CCOc1ccccc1C(=O)NCCn1ccc(-c2ccccn2)n1. The molecular weight excluding hydrogens is 316 g/mol. The Morgan fingerprint density at radius 3 is 2.76 bits per heavy atom. The van der Waals surface area contributed by atoms with Gasteiger partial charge in [-0.15, -0.1) is 0 Å². The van der Waals surface area contributed by atoms with Crippen molar-refractivity contribution in [2.75, 3.05) is 13.2 Å². The monoisotopic (exact) mass is 336 g/mol. The molecule has 1 aromatic carbocycles. The maximum absolute atomic E-state index is 12.3. The van der Waals surface area contributed by atoms with Crippen molar-refractivity contribution in [1.82, 2.24) is 20.1 Å². The number of pyridine rings is 1. The standard InChI is InChI=1S/C19H20N4O2/c1-2-25-18-9-4-3-7-15(18)19(24)21-12-14-23-13-10-17(22-23)16-8-5-6-11-20-16/h3-11,13H,2,12,14H2,1H3,(H,21,24). The van der Waals surface area contributed by atoms with E-state index >= 15 is 0 Å². The summed E-state index contributed by atoms with van der Waals surface area (Å²) >= 11 is 0. The fourth-order valence-corrected chi connectivity index (χ4v) is 2.45. The van der Waals surface area contributed by atoms with E-state index < -0.39 is 0 Å². The number of aromatic nitrogens is 3. The van der Waals surface area contributed by atoms with Gasteiger partial charge in [0.25, 0.3) is 5.91 Å². The van der Waals surface area contributed by atoms with Crippen LogP contribution in [0, 0.1) is 0 Å². The predicted octanol–water partition coefficient (Wildman–Crippen LogP) is 2.77. The Morgan fingerprint density at radius 2 is 1.96 bits per heavy atom. The van der Waals surface area contributed by atoms with Crippen molar-refractivity contribution >= 4 is 5.91 Å². The minimum absolute atomic E-state index is 0.152. The average Bonchev–Trinajstić information content (AvgIpc) is 3.12. The number of carbonyl (C=O) groups excluding carboxylic acids is 1. The number of benzene rings is 1. The van der Waals surface area contributed by atoms with Gasteiger partial charge in [0, 0.05) is 18.9 Å². The molecule has 1 N–H and O–H groups in total. The fraction of sp³-hybridized carbons (Fsp3) is 0.211. The summed E-state index contributed by atoms with van der Waals surface area (Å²) in [6.07, 6.45) is 3.62. The summed E-state index contributed by atoms with van der Waals surface area (Å²) in [6.45, 7) is 3.47. The molecule has 0 fully saturated rings. The summed E-state index contributed by atoms with van der Waals surface area (Å²) in [5, 5.41) is 7.38. The van der Waals surface area contributed by atoms with Gasteiger partial charge < -0.3 is 10.1 Å². The van der Waals surface area contributed by atoms with Gasteiger partial charge in [-0.3, -0.25) is 14.5 Å². The molecule has 0 radical (unpaired) electrons. The third kappa shape index (κ3) is 4.23. The molecule has 1 amide bonds. The van der Waals surface area contributed by atoms with E-state index in [4.69, 9.17) is 4.74 Å². The predicted molar refractivity (Wildman–Crippen MR) is 95.4 cm³/mol. The van der Waals surface area contributed by atoms with Gasteiger partial charge in [-0.1, -0.05) is 18.2 Å². The Bertz CT molecular complexity index is 830. The first-order valence-electron chi connectivity index (χ1n) is 8.23. The Kier molecular flexibility index (Phi) is 5.41. The number of ether oxygens (including phenoxy) is 1. The highest BCUT2D eigenvalue weighted by molar-refractivity contribution is 5.96. The number of nitrogens with zero attached hydrogens (tertiary/aromatic N) is 3. The minimum Gasteiger partial charge on any atom is -0.493 e. The zero-order valence-electron chi connectivity index (χ0n) is 14.1. The second kappa shape index (κ2) is 8.10. The van der Waals surface area contributed by atoms with Crippen LogP contribution in [0.15, 0.2) is 60.9 Å². The van der Waals surface area contributed by atoms with Gasteiger partial charge in [-0.25, -0.2) is 0 Å². The van der Waals surface area contributed by atoms with E-state index in [0.717, 1.165) is 11.4 Å². The average molecular weight is 336 g/mol. The molecule has 25 heavy (non-hydrogen) atoms. The first kappa shape index (κ1) is 16.7. The first-order chi connectivity index (χ1) is 12.3. The number of hydrogen-bond donors (Lipinski definition) is 1. The molecule has 128 valence electrons. The molecule has 2 aromatic heterocycles. The van der Waals surface area contributed by atoms with Gasteiger partial charge in [0.15, 0.2) is 0 Å². The van der Waals surface area contributed by atoms with Crippen LogP contribution >= 0.6 is 0 Å². The number of nitrogens with one attached hydrogen (secondary N) is 1. The van der Waals surface area contributed by atoms with E-state index in [1.54, 1.807) is 23.0 Å². The summed E-state index contributed by atoms with van der Waals surface area (Å²) in [5.41, 5.74) is 2.18. The van der Waals surface area contributed by atoms with Gasteiger partial charge >= 0.3 is 0 Å². The van der Waals surface area contributed by atoms with Crippen molar-refractivity contribution in [3.05, 3.63) is 66.5 Å². The summed E-state index contributed by atoms with van der Waals surface area (Å²) in [7, 11) is 0. The molecule has 0 spiro atoms. The van der Waals surface area contributed by atoms with Crippen LogP contribution in [0.5, 0.6) is 5.75 Å². The van der Waals surface area contributed by atoms with Crippen LogP contribution in [0.1, 0.15) is 17.3 Å². The summed E-state index contributed by atoms with van der Waals surface area (Å²) in [5.74, 6) is 0.445. The van der Waals surface area contributed by atoms with Crippen LogP contribution in [-0.2, 0) is 6.54 Å². The van der Waals surface area contributed by atoms with E-state index in [1.165, 1.54) is 0 Å². The van der Waals surface area contributed by atoms with Crippen molar-refractivity contribution in [2.45, 2.75) is 13.5 Å². The number of carbonyl (C=O) groups is 1. The molecule has 0 bridgehead atoms. The highest BCUT2D eigenvalue weighted by Gasteiger charge is 2.11. The summed E-state index contributed by atoms with van der Waals surface area (Å²) in [4.78, 5) is 16.6. The van der Waals surface area contributed by atoms with Crippen LogP contribution in [0.25, 0.3) is 11.4 Å². The van der Waals surface area contributed by atoms with Crippen molar-refractivity contribution in [3.8, 4) is 17.1 Å². The topological polar surface area (TPSA) is 69.0 Å². The Hall–Kier alpha value is -3.15. The highest BCUT2D eigenvalue weighted by Crippen LogP contribution is 2.17. The zero-order chi connectivity index (χ0) is 17.5. The molecule has 6 nitrogen and oxygen atoms in total. The van der Waals surface area contributed by atoms with E-state index in [1.807, 2.05) is 49.5 Å². The van der Waals surface area contributed by atoms with Crippen LogP contribution in [-0.4, -0.2) is 33.8 Å². The summed E-state index contributed by atoms with van der Waals surface area (Å²) < 4.78 is 7.28. The maximum atomic E-state index is 12.3. The Labute approximate surface area is 146 Å². The Balaban J connectivity index is 1.57. The van der Waals surface area contributed by atoms with Crippen molar-refractivity contribution < 1.29 is 9.53 Å². The lowest BCUT2D eigenvalue weighted by atomic mass is 10.2. The second-order valence-corrected chi connectivity index (χ2v) is 5.36. The minimum atomic E-state index is -0.152. The van der Waals surface area contributed by atoms with E-state index in [-0.39, 0.29) is 5.91 Å². The molecule has 0 saturated carbocycles. The summed E-state index contributed by atoms with van der Waals surface area (Å²) in [6, 6.07) is 14.9. The molecule has 0 atom stereocenters. The lowest BCUT2D eigenvalue weighted by Gasteiger charge is -2.10. The van der Waals surface area contributed by atoms with E-state index in [9.17, 15) is 4.79 Å². The largest absolute Gasteiger partial charge is 0.493 e. The van der Waals surface area contributed by atoms with Gasteiger partial charge in [-0.05, 0) is 37.3 Å². The quantitative estimate of drug-likeness (QED) is 0.720. The van der Waals surface area contributed by atoms with Crippen molar-refractivity contribution in [3.63, 3.8) is 0 Å². The molecule has 2 heterocycles. The third-order valence-electron chi connectivity index (χ3n) is 3.63. The van der Waals surface area contributed by atoms with Gasteiger partial charge in [0.1, 0.15) is 11.4 Å². The van der Waals surface area contributed by atoms with Crippen LogP contribution in [0.3, 0.4) is 0 Å². The number of hydrogen-bond acceptors (Lipinski definition) is 4. The first-order valence-corrected chi connectivity index (χ1v) is 8.23. The van der Waals surface area contributed by atoms with Crippen LogP contribution < -0.4 is 10.1 Å². The molecule has 3 rings (SSSR count). The normalized spacial score (nSPS) is 10.4. The highest BCUT2D eigenvalue weighted by atomic mass is 16.5. The second-order valence-electron chi connectivity index (χ2n) is 5.36. The van der Waals surface area contributed by atoms with Crippen molar-refractivity contribution in [2.24, 2.45) is 0 Å². The molecular formula is C19H20N4O2. The van der Waals surface area contributed by atoms with E-state index in [2.05, 4.69) is 15.4 Å². The lowest BCUT2D eigenvalue weighted by molar-refractivity contribution is 0.0948. The maximum Gasteiger partial charge on any atom is 0.255 e. The number of amides is 1. The molecule has 6 heteroatoms. The van der Waals surface area contributed by atoms with Crippen LogP contribution in [0.2, 0.25) is 0 Å². The van der Waals surface area contributed by atoms with Crippen LogP contribution in [0.4, 0.5) is 0 Å². The molecule has 0 unspecified atom stereocenters. The fourth-order valence-electron chi connectivity index (χ4n) is 2.45. The van der Waals surface area contributed by atoms with E-state index in [0.29, 0.717) is 31.0 Å². The smallest absolute Gasteiger partial charge is 0.255 e. The number of para-hydroxylation sites is 1.